The normalized spacial score (nSPS) is 16.8. The Kier molecular flexibility index (Phi) is 4.71. The Labute approximate surface area is 145 Å². The van der Waals surface area contributed by atoms with E-state index in [1.165, 1.54) is 0 Å². The largest absolute Gasteiger partial charge is 0.484 e. The zero-order valence-electron chi connectivity index (χ0n) is 13.2. The van der Waals surface area contributed by atoms with Crippen LogP contribution in [0.5, 0.6) is 5.75 Å². The molecule has 0 spiro atoms. The van der Waals surface area contributed by atoms with Crippen LogP contribution in [0.3, 0.4) is 0 Å². The number of para-hydroxylation sites is 2. The molecule has 1 aliphatic heterocycles. The van der Waals surface area contributed by atoms with E-state index in [0.717, 1.165) is 0 Å². The molecule has 2 amide bonds. The monoisotopic (exact) mass is 344 g/mol. The summed E-state index contributed by atoms with van der Waals surface area (Å²) in [4.78, 5) is 26.3. The molecule has 0 radical (unpaired) electrons. The highest BCUT2D eigenvalue weighted by atomic mass is 35.5. The van der Waals surface area contributed by atoms with Crippen LogP contribution in [0, 0.1) is 0 Å². The maximum atomic E-state index is 12.7. The zero-order valence-corrected chi connectivity index (χ0v) is 13.9. The molecule has 0 bridgehead atoms. The molecule has 0 unspecified atom stereocenters. The van der Waals surface area contributed by atoms with Crippen LogP contribution in [0.25, 0.3) is 0 Å². The molecule has 0 aromatic heterocycles. The van der Waals surface area contributed by atoms with Gasteiger partial charge in [0, 0.05) is 17.5 Å². The number of nitrogens with one attached hydrogen (secondary N) is 1. The van der Waals surface area contributed by atoms with E-state index in [0.29, 0.717) is 22.1 Å². The van der Waals surface area contributed by atoms with Crippen LogP contribution in [0.15, 0.2) is 48.5 Å². The summed E-state index contributed by atoms with van der Waals surface area (Å²) in [6.07, 6.45) is 0.237. The third-order valence-corrected chi connectivity index (χ3v) is 4.06. The van der Waals surface area contributed by atoms with Gasteiger partial charge >= 0.3 is 0 Å². The Hall–Kier alpha value is -2.53. The smallest absolute Gasteiger partial charge is 0.265 e. The maximum absolute atomic E-state index is 12.7. The number of ether oxygens (including phenoxy) is 1. The van der Waals surface area contributed by atoms with Crippen molar-refractivity contribution in [2.24, 2.45) is 0 Å². The van der Waals surface area contributed by atoms with Gasteiger partial charge in [-0.15, -0.1) is 0 Å². The van der Waals surface area contributed by atoms with Crippen LogP contribution in [0.4, 0.5) is 11.4 Å². The molecular formula is C18H17ClN2O3. The van der Waals surface area contributed by atoms with E-state index < -0.39 is 0 Å². The number of hydrogen-bond acceptors (Lipinski definition) is 3. The summed E-state index contributed by atoms with van der Waals surface area (Å²) < 4.78 is 5.55. The third-order valence-electron chi connectivity index (χ3n) is 3.80. The SMILES string of the molecule is C[C@H]1CC(=O)Nc2ccccc2N1C(=O)COc1ccc(Cl)cc1. The number of amides is 2. The quantitative estimate of drug-likeness (QED) is 0.927. The van der Waals surface area contributed by atoms with Gasteiger partial charge in [-0.1, -0.05) is 23.7 Å². The summed E-state index contributed by atoms with van der Waals surface area (Å²) >= 11 is 5.83. The van der Waals surface area contributed by atoms with Gasteiger partial charge in [-0.25, -0.2) is 0 Å². The molecule has 1 heterocycles. The Bertz CT molecular complexity index is 761. The number of anilines is 2. The second-order valence-electron chi connectivity index (χ2n) is 5.62. The van der Waals surface area contributed by atoms with Crippen molar-refractivity contribution in [1.82, 2.24) is 0 Å². The van der Waals surface area contributed by atoms with Gasteiger partial charge < -0.3 is 15.0 Å². The van der Waals surface area contributed by atoms with E-state index in [1.807, 2.05) is 25.1 Å². The van der Waals surface area contributed by atoms with Crippen LogP contribution in [-0.4, -0.2) is 24.5 Å². The molecule has 2 aromatic carbocycles. The molecule has 1 atom stereocenters. The van der Waals surface area contributed by atoms with Crippen LogP contribution in [-0.2, 0) is 9.59 Å². The van der Waals surface area contributed by atoms with Crippen molar-refractivity contribution < 1.29 is 14.3 Å². The molecule has 0 saturated heterocycles. The van der Waals surface area contributed by atoms with E-state index in [2.05, 4.69) is 5.32 Å². The van der Waals surface area contributed by atoms with Crippen molar-refractivity contribution in [1.29, 1.82) is 0 Å². The number of rotatable bonds is 3. The van der Waals surface area contributed by atoms with Crippen LogP contribution in [0.2, 0.25) is 5.02 Å². The van der Waals surface area contributed by atoms with E-state index in [9.17, 15) is 9.59 Å². The third kappa shape index (κ3) is 3.51. The first-order valence-corrected chi connectivity index (χ1v) is 8.01. The molecule has 24 heavy (non-hydrogen) atoms. The zero-order chi connectivity index (χ0) is 17.1. The summed E-state index contributed by atoms with van der Waals surface area (Å²) in [7, 11) is 0. The topological polar surface area (TPSA) is 58.6 Å². The molecule has 5 nitrogen and oxygen atoms in total. The van der Waals surface area contributed by atoms with Crippen molar-refractivity contribution in [3.8, 4) is 5.75 Å². The number of benzene rings is 2. The fourth-order valence-electron chi connectivity index (χ4n) is 2.71. The summed E-state index contributed by atoms with van der Waals surface area (Å²) in [6, 6.07) is 13.8. The number of nitrogens with zero attached hydrogens (tertiary/aromatic N) is 1. The average molecular weight is 345 g/mol. The van der Waals surface area contributed by atoms with Gasteiger partial charge in [0.05, 0.1) is 11.4 Å². The summed E-state index contributed by atoms with van der Waals surface area (Å²) in [5.41, 5.74) is 1.31. The van der Waals surface area contributed by atoms with E-state index >= 15 is 0 Å². The molecule has 6 heteroatoms. The van der Waals surface area contributed by atoms with E-state index in [1.54, 1.807) is 35.2 Å². The highest BCUT2D eigenvalue weighted by molar-refractivity contribution is 6.30. The van der Waals surface area contributed by atoms with Crippen molar-refractivity contribution in [3.05, 3.63) is 53.6 Å². The second kappa shape index (κ2) is 6.93. The Balaban J connectivity index is 1.79. The van der Waals surface area contributed by atoms with Crippen LogP contribution < -0.4 is 15.0 Å². The lowest BCUT2D eigenvalue weighted by atomic mass is 10.1. The molecule has 124 valence electrons. The van der Waals surface area contributed by atoms with Crippen molar-refractivity contribution in [3.63, 3.8) is 0 Å². The molecular weight excluding hydrogens is 328 g/mol. The van der Waals surface area contributed by atoms with Gasteiger partial charge in [-0.3, -0.25) is 9.59 Å². The number of fused-ring (bicyclic) bond motifs is 1. The minimum atomic E-state index is -0.255. The first-order chi connectivity index (χ1) is 11.5. The Morgan fingerprint density at radius 3 is 2.71 bits per heavy atom. The standard InChI is InChI=1S/C18H17ClN2O3/c1-12-10-17(22)20-15-4-2-3-5-16(15)21(12)18(23)11-24-14-8-6-13(19)7-9-14/h2-9,12H,10-11H2,1H3,(H,20,22)/t12-/m0/s1. The lowest BCUT2D eigenvalue weighted by Gasteiger charge is -2.27. The maximum Gasteiger partial charge on any atom is 0.265 e. The lowest BCUT2D eigenvalue weighted by molar-refractivity contribution is -0.121. The summed E-state index contributed by atoms with van der Waals surface area (Å²) in [6.45, 7) is 1.73. The van der Waals surface area contributed by atoms with Gasteiger partial charge in [-0.2, -0.15) is 0 Å². The molecule has 0 saturated carbocycles. The average Bonchev–Trinajstić information content (AvgIpc) is 2.68. The van der Waals surface area contributed by atoms with Crippen molar-refractivity contribution >= 4 is 34.8 Å². The summed E-state index contributed by atoms with van der Waals surface area (Å²) in [5.74, 6) is 0.253. The molecule has 0 aliphatic carbocycles. The van der Waals surface area contributed by atoms with Gasteiger partial charge in [0.15, 0.2) is 6.61 Å². The highest BCUT2D eigenvalue weighted by Crippen LogP contribution is 2.31. The van der Waals surface area contributed by atoms with E-state index in [4.69, 9.17) is 16.3 Å². The first kappa shape index (κ1) is 16.3. The Morgan fingerprint density at radius 2 is 1.96 bits per heavy atom. The first-order valence-electron chi connectivity index (χ1n) is 7.64. The van der Waals surface area contributed by atoms with Gasteiger partial charge in [-0.05, 0) is 43.3 Å². The predicted molar refractivity (Wildman–Crippen MR) is 93.6 cm³/mol. The number of carbonyl (C=O) groups excluding carboxylic acids is 2. The summed E-state index contributed by atoms with van der Waals surface area (Å²) in [5, 5.41) is 3.43. The van der Waals surface area contributed by atoms with Gasteiger partial charge in [0.2, 0.25) is 5.91 Å². The Morgan fingerprint density at radius 1 is 1.25 bits per heavy atom. The van der Waals surface area contributed by atoms with Gasteiger partial charge in [0.25, 0.3) is 5.91 Å². The minimum absolute atomic E-state index is 0.108. The van der Waals surface area contributed by atoms with Crippen molar-refractivity contribution in [2.75, 3.05) is 16.8 Å². The lowest BCUT2D eigenvalue weighted by Crippen LogP contribution is -2.41. The number of carbonyl (C=O) groups is 2. The fourth-order valence-corrected chi connectivity index (χ4v) is 2.84. The minimum Gasteiger partial charge on any atom is -0.484 e. The van der Waals surface area contributed by atoms with Crippen LogP contribution >= 0.6 is 11.6 Å². The van der Waals surface area contributed by atoms with Gasteiger partial charge in [0.1, 0.15) is 5.75 Å². The molecule has 1 aliphatic rings. The second-order valence-corrected chi connectivity index (χ2v) is 6.06. The van der Waals surface area contributed by atoms with Crippen LogP contribution in [0.1, 0.15) is 13.3 Å². The van der Waals surface area contributed by atoms with Crippen molar-refractivity contribution in [2.45, 2.75) is 19.4 Å². The number of hydrogen-bond donors (Lipinski definition) is 1. The van der Waals surface area contributed by atoms with E-state index in [-0.39, 0.29) is 30.9 Å². The fraction of sp³-hybridized carbons (Fsp3) is 0.222. The predicted octanol–water partition coefficient (Wildman–Crippen LogP) is 3.48. The highest BCUT2D eigenvalue weighted by Gasteiger charge is 2.29. The molecule has 2 aromatic rings. The number of halogens is 1. The molecule has 1 N–H and O–H groups in total. The molecule has 3 rings (SSSR count). The molecule has 0 fully saturated rings.